The van der Waals surface area contributed by atoms with Crippen LogP contribution in [0, 0.1) is 0 Å². The van der Waals surface area contributed by atoms with Gasteiger partial charge in [0.2, 0.25) is 0 Å². The first-order chi connectivity index (χ1) is 18.7. The molecule has 0 aromatic heterocycles. The second-order valence-electron chi connectivity index (χ2n) is 11.2. The minimum atomic E-state index is -0.529. The first-order valence-corrected chi connectivity index (χ1v) is 16.8. The molecule has 0 fully saturated rings. The maximum Gasteiger partial charge on any atom is 0.306 e. The van der Waals surface area contributed by atoms with Crippen molar-refractivity contribution in [2.75, 3.05) is 19.8 Å². The van der Waals surface area contributed by atoms with Crippen LogP contribution >= 0.6 is 0 Å². The van der Waals surface area contributed by atoms with Crippen LogP contribution in [0.1, 0.15) is 174 Å². The molecule has 0 radical (unpaired) electrons. The predicted molar refractivity (Wildman–Crippen MR) is 164 cm³/mol. The van der Waals surface area contributed by atoms with Gasteiger partial charge in [0.15, 0.2) is 0 Å². The van der Waals surface area contributed by atoms with Crippen molar-refractivity contribution in [2.45, 2.75) is 180 Å². The summed E-state index contributed by atoms with van der Waals surface area (Å²) in [6, 6.07) is 0. The third kappa shape index (κ3) is 29.7. The van der Waals surface area contributed by atoms with Crippen molar-refractivity contribution in [2.24, 2.45) is 0 Å². The Kier molecular flexibility index (Phi) is 31.6. The summed E-state index contributed by atoms with van der Waals surface area (Å²) in [4.78, 5) is 12.1. The van der Waals surface area contributed by atoms with E-state index < -0.39 is 6.10 Å². The first-order valence-electron chi connectivity index (χ1n) is 16.8. The van der Waals surface area contributed by atoms with E-state index in [9.17, 15) is 9.90 Å². The topological polar surface area (TPSA) is 55.8 Å². The minimum Gasteiger partial charge on any atom is -0.457 e. The van der Waals surface area contributed by atoms with Crippen molar-refractivity contribution in [1.29, 1.82) is 0 Å². The van der Waals surface area contributed by atoms with Gasteiger partial charge in [0.25, 0.3) is 0 Å². The predicted octanol–water partition coefficient (Wildman–Crippen LogP) is 10.3. The summed E-state index contributed by atoms with van der Waals surface area (Å²) in [5.41, 5.74) is 0. The summed E-state index contributed by atoms with van der Waals surface area (Å²) in [5, 5.41) is 9.51. The maximum absolute atomic E-state index is 12.1. The second-order valence-corrected chi connectivity index (χ2v) is 11.2. The van der Waals surface area contributed by atoms with Crippen LogP contribution < -0.4 is 0 Å². The van der Waals surface area contributed by atoms with E-state index in [1.807, 2.05) is 0 Å². The molecule has 0 amide bonds. The number of allylic oxidation sites excluding steroid dienone is 2. The largest absolute Gasteiger partial charge is 0.457 e. The van der Waals surface area contributed by atoms with Crippen LogP contribution in [0.25, 0.3) is 0 Å². The average Bonchev–Trinajstić information content (AvgIpc) is 2.92. The highest BCUT2D eigenvalue weighted by Gasteiger charge is 2.13. The number of carbonyl (C=O) groups excluding carboxylic acids is 1. The van der Waals surface area contributed by atoms with E-state index in [-0.39, 0.29) is 12.6 Å². The minimum absolute atomic E-state index is 0.170. The summed E-state index contributed by atoms with van der Waals surface area (Å²) < 4.78 is 11.1. The van der Waals surface area contributed by atoms with Gasteiger partial charge in [-0.15, -0.1) is 0 Å². The summed E-state index contributed by atoms with van der Waals surface area (Å²) in [6.45, 7) is 5.34. The van der Waals surface area contributed by atoms with E-state index in [1.165, 1.54) is 135 Å². The lowest BCUT2D eigenvalue weighted by atomic mass is 10.1. The average molecular weight is 539 g/mol. The highest BCUT2D eigenvalue weighted by atomic mass is 16.6. The van der Waals surface area contributed by atoms with E-state index in [0.29, 0.717) is 19.6 Å². The molecule has 1 atom stereocenters. The molecule has 0 bridgehead atoms. The molecule has 0 aliphatic heterocycles. The third-order valence-electron chi connectivity index (χ3n) is 7.34. The van der Waals surface area contributed by atoms with Gasteiger partial charge in [0, 0.05) is 13.0 Å². The number of hydrogen-bond acceptors (Lipinski definition) is 4. The second kappa shape index (κ2) is 32.3. The van der Waals surface area contributed by atoms with Crippen molar-refractivity contribution in [1.82, 2.24) is 0 Å². The summed E-state index contributed by atoms with van der Waals surface area (Å²) in [6.07, 6.45) is 35.2. The number of carbonyl (C=O) groups is 1. The Labute approximate surface area is 237 Å². The molecule has 4 heteroatoms. The Morgan fingerprint density at radius 3 is 1.50 bits per heavy atom. The molecule has 0 heterocycles. The quantitative estimate of drug-likeness (QED) is 0.0542. The standard InChI is InChI=1S/C34H66O4/c1-3-5-7-9-11-13-15-17-18-19-21-23-25-27-29-34(36)38-33(31-35)32-37-30-28-26-24-22-20-16-14-12-10-8-6-4-2/h15,17,33,35H,3-14,16,18-32H2,1-2H3/b17-15-. The lowest BCUT2D eigenvalue weighted by Gasteiger charge is -2.15. The van der Waals surface area contributed by atoms with Gasteiger partial charge in [-0.25, -0.2) is 0 Å². The van der Waals surface area contributed by atoms with Gasteiger partial charge < -0.3 is 14.6 Å². The molecule has 38 heavy (non-hydrogen) atoms. The van der Waals surface area contributed by atoms with Crippen LogP contribution in [-0.4, -0.2) is 37.0 Å². The molecular weight excluding hydrogens is 472 g/mol. The molecule has 0 rings (SSSR count). The van der Waals surface area contributed by atoms with E-state index in [2.05, 4.69) is 26.0 Å². The molecule has 0 spiro atoms. The van der Waals surface area contributed by atoms with E-state index in [1.54, 1.807) is 0 Å². The van der Waals surface area contributed by atoms with Crippen LogP contribution in [0.15, 0.2) is 12.2 Å². The molecule has 0 aromatic rings. The fraction of sp³-hybridized carbons (Fsp3) is 0.912. The Balaban J connectivity index is 3.44. The van der Waals surface area contributed by atoms with Crippen LogP contribution in [0.4, 0.5) is 0 Å². The highest BCUT2D eigenvalue weighted by Crippen LogP contribution is 2.13. The summed E-state index contributed by atoms with van der Waals surface area (Å²) >= 11 is 0. The molecule has 0 aliphatic rings. The van der Waals surface area contributed by atoms with Crippen molar-refractivity contribution >= 4 is 5.97 Å². The van der Waals surface area contributed by atoms with Gasteiger partial charge >= 0.3 is 5.97 Å². The zero-order valence-corrected chi connectivity index (χ0v) is 25.7. The SMILES string of the molecule is CCCCCCC/C=C\CCCCCCCC(=O)OC(CO)COCCCCCCCCCCCCCC. The van der Waals surface area contributed by atoms with E-state index in [4.69, 9.17) is 9.47 Å². The number of esters is 1. The number of unbranched alkanes of at least 4 members (excludes halogenated alkanes) is 21. The molecule has 1 unspecified atom stereocenters. The van der Waals surface area contributed by atoms with E-state index >= 15 is 0 Å². The van der Waals surface area contributed by atoms with Gasteiger partial charge in [-0.1, -0.05) is 142 Å². The number of ether oxygens (including phenoxy) is 2. The molecular formula is C34H66O4. The zero-order valence-electron chi connectivity index (χ0n) is 25.7. The molecule has 0 aromatic carbocycles. The van der Waals surface area contributed by atoms with Gasteiger partial charge in [-0.3, -0.25) is 4.79 Å². The molecule has 0 aliphatic carbocycles. The van der Waals surface area contributed by atoms with Crippen molar-refractivity contribution in [3.05, 3.63) is 12.2 Å². The number of aliphatic hydroxyl groups excluding tert-OH is 1. The van der Waals surface area contributed by atoms with Gasteiger partial charge in [-0.2, -0.15) is 0 Å². The number of hydrogen-bond donors (Lipinski definition) is 1. The molecule has 0 saturated carbocycles. The van der Waals surface area contributed by atoms with Gasteiger partial charge in [-0.05, 0) is 38.5 Å². The monoisotopic (exact) mass is 538 g/mol. The highest BCUT2D eigenvalue weighted by molar-refractivity contribution is 5.69. The van der Waals surface area contributed by atoms with Crippen molar-refractivity contribution < 1.29 is 19.4 Å². The third-order valence-corrected chi connectivity index (χ3v) is 7.34. The van der Waals surface area contributed by atoms with Gasteiger partial charge in [0.1, 0.15) is 6.10 Å². The lowest BCUT2D eigenvalue weighted by Crippen LogP contribution is -2.27. The molecule has 226 valence electrons. The number of rotatable bonds is 31. The Morgan fingerprint density at radius 2 is 1.03 bits per heavy atom. The fourth-order valence-electron chi connectivity index (χ4n) is 4.79. The van der Waals surface area contributed by atoms with Gasteiger partial charge in [0.05, 0.1) is 13.2 Å². The normalized spacial score (nSPS) is 12.4. The Morgan fingerprint density at radius 1 is 0.605 bits per heavy atom. The van der Waals surface area contributed by atoms with Crippen LogP contribution in [0.3, 0.4) is 0 Å². The Hall–Kier alpha value is -0.870. The van der Waals surface area contributed by atoms with Crippen LogP contribution in [-0.2, 0) is 14.3 Å². The summed E-state index contributed by atoms with van der Waals surface area (Å²) in [5.74, 6) is -0.208. The molecule has 4 nitrogen and oxygen atoms in total. The fourth-order valence-corrected chi connectivity index (χ4v) is 4.79. The Bertz CT molecular complexity index is 491. The smallest absolute Gasteiger partial charge is 0.306 e. The summed E-state index contributed by atoms with van der Waals surface area (Å²) in [7, 11) is 0. The molecule has 0 saturated heterocycles. The van der Waals surface area contributed by atoms with Crippen molar-refractivity contribution in [3.8, 4) is 0 Å². The maximum atomic E-state index is 12.1. The van der Waals surface area contributed by atoms with Crippen LogP contribution in [0.2, 0.25) is 0 Å². The van der Waals surface area contributed by atoms with Crippen LogP contribution in [0.5, 0.6) is 0 Å². The number of aliphatic hydroxyl groups is 1. The lowest BCUT2D eigenvalue weighted by molar-refractivity contribution is -0.154. The first kappa shape index (κ1) is 37.1. The molecule has 1 N–H and O–H groups in total. The van der Waals surface area contributed by atoms with E-state index in [0.717, 1.165) is 19.3 Å². The van der Waals surface area contributed by atoms with Crippen molar-refractivity contribution in [3.63, 3.8) is 0 Å². The zero-order chi connectivity index (χ0) is 27.8.